The minimum Gasteiger partial charge on any atom is -0.481 e. The molecule has 1 amide bonds. The molecule has 122 valence electrons. The molecule has 0 aliphatic rings. The molecule has 1 heterocycles. The van der Waals surface area contributed by atoms with Crippen LogP contribution in [0.15, 0.2) is 48.8 Å². The number of nitrogens with zero attached hydrogens (tertiary/aromatic N) is 1. The summed E-state index contributed by atoms with van der Waals surface area (Å²) in [5, 5.41) is 12.0. The molecule has 0 fully saturated rings. The molecule has 2 aromatic rings. The number of rotatable bonds is 7. The number of benzene rings is 1. The van der Waals surface area contributed by atoms with Crippen molar-refractivity contribution in [3.8, 4) is 5.69 Å². The van der Waals surface area contributed by atoms with Crippen molar-refractivity contribution in [1.82, 2.24) is 9.88 Å². The Morgan fingerprint density at radius 3 is 2.35 bits per heavy atom. The largest absolute Gasteiger partial charge is 0.481 e. The van der Waals surface area contributed by atoms with E-state index in [4.69, 9.17) is 5.11 Å². The van der Waals surface area contributed by atoms with E-state index in [1.807, 2.05) is 55.1 Å². The van der Waals surface area contributed by atoms with Crippen molar-refractivity contribution < 1.29 is 14.7 Å². The van der Waals surface area contributed by atoms with E-state index in [2.05, 4.69) is 5.32 Å². The molecule has 1 aromatic heterocycles. The summed E-state index contributed by atoms with van der Waals surface area (Å²) in [6, 6.07) is 11.1. The molecule has 23 heavy (non-hydrogen) atoms. The van der Waals surface area contributed by atoms with Gasteiger partial charge in [-0.3, -0.25) is 9.59 Å². The van der Waals surface area contributed by atoms with Gasteiger partial charge in [-0.25, -0.2) is 0 Å². The van der Waals surface area contributed by atoms with Gasteiger partial charge in [-0.1, -0.05) is 19.9 Å². The fourth-order valence-corrected chi connectivity index (χ4v) is 2.64. The highest BCUT2D eigenvalue weighted by atomic mass is 16.4. The summed E-state index contributed by atoms with van der Waals surface area (Å²) in [5.74, 6) is -1.15. The van der Waals surface area contributed by atoms with Crippen LogP contribution in [0.4, 0.5) is 0 Å². The SMILES string of the molecule is CCC(CC)(CC(=O)O)NC(=O)c1cccc(-n2cccc2)c1. The van der Waals surface area contributed by atoms with Gasteiger partial charge in [0.15, 0.2) is 0 Å². The Balaban J connectivity index is 2.23. The number of nitrogens with one attached hydrogen (secondary N) is 1. The van der Waals surface area contributed by atoms with Crippen molar-refractivity contribution in [2.75, 3.05) is 0 Å². The summed E-state index contributed by atoms with van der Waals surface area (Å²) in [6.07, 6.45) is 4.87. The lowest BCUT2D eigenvalue weighted by molar-refractivity contribution is -0.138. The number of carbonyl (C=O) groups excluding carboxylic acids is 1. The van der Waals surface area contributed by atoms with E-state index in [9.17, 15) is 9.59 Å². The number of hydrogen-bond donors (Lipinski definition) is 2. The Hall–Kier alpha value is -2.56. The number of aliphatic carboxylic acids is 1. The third-order valence-electron chi connectivity index (χ3n) is 4.23. The second-order valence-electron chi connectivity index (χ2n) is 5.65. The lowest BCUT2D eigenvalue weighted by Crippen LogP contribution is -2.49. The standard InChI is InChI=1S/C18H22N2O3/c1-3-18(4-2,13-16(21)22)19-17(23)14-8-7-9-15(12-14)20-10-5-6-11-20/h5-12H,3-4,13H2,1-2H3,(H,19,23)(H,21,22). The molecule has 0 saturated heterocycles. The lowest BCUT2D eigenvalue weighted by atomic mass is 9.88. The molecule has 0 unspecified atom stereocenters. The Labute approximate surface area is 135 Å². The quantitative estimate of drug-likeness (QED) is 0.824. The molecule has 1 aromatic carbocycles. The average molecular weight is 314 g/mol. The van der Waals surface area contributed by atoms with Gasteiger partial charge in [0, 0.05) is 23.6 Å². The van der Waals surface area contributed by atoms with Gasteiger partial charge in [-0.2, -0.15) is 0 Å². The lowest BCUT2D eigenvalue weighted by Gasteiger charge is -2.31. The highest BCUT2D eigenvalue weighted by Gasteiger charge is 2.31. The summed E-state index contributed by atoms with van der Waals surface area (Å²) < 4.78 is 1.92. The summed E-state index contributed by atoms with van der Waals surface area (Å²) in [6.45, 7) is 3.78. The van der Waals surface area contributed by atoms with Crippen LogP contribution in [0.2, 0.25) is 0 Å². The van der Waals surface area contributed by atoms with Crippen LogP contribution in [0.1, 0.15) is 43.5 Å². The van der Waals surface area contributed by atoms with Crippen molar-refractivity contribution in [2.45, 2.75) is 38.6 Å². The van der Waals surface area contributed by atoms with E-state index in [1.165, 1.54) is 0 Å². The van der Waals surface area contributed by atoms with Crippen molar-refractivity contribution >= 4 is 11.9 Å². The van der Waals surface area contributed by atoms with Crippen LogP contribution in [-0.4, -0.2) is 27.1 Å². The molecular formula is C18H22N2O3. The molecule has 0 radical (unpaired) electrons. The number of amides is 1. The number of hydrogen-bond acceptors (Lipinski definition) is 2. The molecule has 0 spiro atoms. The monoisotopic (exact) mass is 314 g/mol. The van der Waals surface area contributed by atoms with Crippen LogP contribution in [0.25, 0.3) is 5.69 Å². The van der Waals surface area contributed by atoms with Crippen LogP contribution >= 0.6 is 0 Å². The molecule has 2 N–H and O–H groups in total. The number of carboxylic acids is 1. The van der Waals surface area contributed by atoms with E-state index in [1.54, 1.807) is 12.1 Å². The first kappa shape index (κ1) is 16.8. The minimum absolute atomic E-state index is 0.0803. The highest BCUT2D eigenvalue weighted by molar-refractivity contribution is 5.95. The van der Waals surface area contributed by atoms with Gasteiger partial charge in [-0.05, 0) is 43.2 Å². The molecule has 5 nitrogen and oxygen atoms in total. The van der Waals surface area contributed by atoms with Gasteiger partial charge in [0.05, 0.1) is 12.0 Å². The van der Waals surface area contributed by atoms with Crippen LogP contribution in [0.5, 0.6) is 0 Å². The van der Waals surface area contributed by atoms with Crippen LogP contribution in [0, 0.1) is 0 Å². The molecule has 0 atom stereocenters. The summed E-state index contributed by atoms with van der Waals surface area (Å²) >= 11 is 0. The van der Waals surface area contributed by atoms with Gasteiger partial charge in [0.25, 0.3) is 5.91 Å². The topological polar surface area (TPSA) is 71.3 Å². The van der Waals surface area contributed by atoms with Gasteiger partial charge in [-0.15, -0.1) is 0 Å². The number of aromatic nitrogens is 1. The number of carboxylic acid groups (broad SMARTS) is 1. The first-order chi connectivity index (χ1) is 11.0. The van der Waals surface area contributed by atoms with Gasteiger partial charge >= 0.3 is 5.97 Å². The van der Waals surface area contributed by atoms with Crippen molar-refractivity contribution in [3.05, 3.63) is 54.4 Å². The van der Waals surface area contributed by atoms with Crippen LogP contribution < -0.4 is 5.32 Å². The summed E-state index contributed by atoms with van der Waals surface area (Å²) in [5.41, 5.74) is 0.694. The highest BCUT2D eigenvalue weighted by Crippen LogP contribution is 2.21. The van der Waals surface area contributed by atoms with Crippen LogP contribution in [0.3, 0.4) is 0 Å². The molecule has 0 bridgehead atoms. The van der Waals surface area contributed by atoms with E-state index >= 15 is 0 Å². The maximum Gasteiger partial charge on any atom is 0.305 e. The van der Waals surface area contributed by atoms with Crippen molar-refractivity contribution in [2.24, 2.45) is 0 Å². The van der Waals surface area contributed by atoms with E-state index in [0.29, 0.717) is 18.4 Å². The van der Waals surface area contributed by atoms with E-state index in [0.717, 1.165) is 5.69 Å². The van der Waals surface area contributed by atoms with E-state index in [-0.39, 0.29) is 12.3 Å². The predicted molar refractivity (Wildman–Crippen MR) is 88.8 cm³/mol. The van der Waals surface area contributed by atoms with Gasteiger partial charge in [0.2, 0.25) is 0 Å². The Morgan fingerprint density at radius 2 is 1.78 bits per heavy atom. The normalized spacial score (nSPS) is 11.2. The molecular weight excluding hydrogens is 292 g/mol. The average Bonchev–Trinajstić information content (AvgIpc) is 3.08. The molecule has 0 aliphatic heterocycles. The zero-order valence-electron chi connectivity index (χ0n) is 13.5. The second kappa shape index (κ2) is 7.13. The molecule has 0 aliphatic carbocycles. The first-order valence-corrected chi connectivity index (χ1v) is 7.77. The maximum absolute atomic E-state index is 12.6. The third-order valence-corrected chi connectivity index (χ3v) is 4.23. The first-order valence-electron chi connectivity index (χ1n) is 7.77. The maximum atomic E-state index is 12.6. The smallest absolute Gasteiger partial charge is 0.305 e. The fraction of sp³-hybridized carbons (Fsp3) is 0.333. The van der Waals surface area contributed by atoms with Crippen LogP contribution in [-0.2, 0) is 4.79 Å². The van der Waals surface area contributed by atoms with E-state index < -0.39 is 11.5 Å². The number of carbonyl (C=O) groups is 2. The summed E-state index contributed by atoms with van der Waals surface area (Å²) in [7, 11) is 0. The zero-order chi connectivity index (χ0) is 16.9. The molecule has 0 saturated carbocycles. The second-order valence-corrected chi connectivity index (χ2v) is 5.65. The Bertz CT molecular complexity index is 673. The van der Waals surface area contributed by atoms with Gasteiger partial charge < -0.3 is 15.0 Å². The molecule has 5 heteroatoms. The third kappa shape index (κ3) is 4.00. The fourth-order valence-electron chi connectivity index (χ4n) is 2.64. The summed E-state index contributed by atoms with van der Waals surface area (Å²) in [4.78, 5) is 23.7. The van der Waals surface area contributed by atoms with Crippen molar-refractivity contribution in [1.29, 1.82) is 0 Å². The predicted octanol–water partition coefficient (Wildman–Crippen LogP) is 3.24. The zero-order valence-corrected chi connectivity index (χ0v) is 13.5. The minimum atomic E-state index is -0.907. The Kier molecular flexibility index (Phi) is 5.21. The Morgan fingerprint density at radius 1 is 1.13 bits per heavy atom. The van der Waals surface area contributed by atoms with Gasteiger partial charge in [0.1, 0.15) is 0 Å². The van der Waals surface area contributed by atoms with Crippen molar-refractivity contribution in [3.63, 3.8) is 0 Å². The molecule has 2 rings (SSSR count).